The summed E-state index contributed by atoms with van der Waals surface area (Å²) in [5, 5.41) is 40.5. The Morgan fingerprint density at radius 1 is 0.480 bits per heavy atom. The van der Waals surface area contributed by atoms with Gasteiger partial charge < -0.3 is 73.4 Å². The number of rotatable bonds is 20. The highest BCUT2D eigenvalue weighted by molar-refractivity contribution is 7.16. The number of alkyl halides is 4. The molecule has 4 aliphatic rings. The van der Waals surface area contributed by atoms with Gasteiger partial charge in [-0.1, -0.05) is 110 Å². The molecule has 27 nitrogen and oxygen atoms in total. The maximum Gasteiger partial charge on any atom is 0.519 e. The van der Waals surface area contributed by atoms with E-state index in [-0.39, 0.29) is 63.5 Å². The Labute approximate surface area is 752 Å². The van der Waals surface area contributed by atoms with Crippen molar-refractivity contribution >= 4 is 172 Å². The van der Waals surface area contributed by atoms with Crippen LogP contribution in [0.3, 0.4) is 0 Å². The van der Waals surface area contributed by atoms with Crippen LogP contribution in [0.1, 0.15) is 127 Å². The van der Waals surface area contributed by atoms with Gasteiger partial charge in [-0.15, -0.1) is 57.7 Å². The molecule has 10 aromatic rings. The van der Waals surface area contributed by atoms with Gasteiger partial charge in [-0.2, -0.15) is 0 Å². The molecule has 0 radical (unpaired) electrons. The van der Waals surface area contributed by atoms with Crippen LogP contribution >= 0.6 is 57.7 Å². The summed E-state index contributed by atoms with van der Waals surface area (Å²) < 4.78 is 33.4. The maximum absolute atomic E-state index is 13.0. The van der Waals surface area contributed by atoms with E-state index in [0.29, 0.717) is 95.1 Å². The van der Waals surface area contributed by atoms with Crippen molar-refractivity contribution in [3.8, 4) is 28.7 Å². The van der Waals surface area contributed by atoms with E-state index in [1.807, 2.05) is 144 Å². The molecule has 9 aromatic carbocycles. The van der Waals surface area contributed by atoms with E-state index in [1.54, 1.807) is 79.9 Å². The summed E-state index contributed by atoms with van der Waals surface area (Å²) in [4.78, 5) is 112. The fraction of sp³-hybridized carbons (Fsp3) is 0.387. The predicted octanol–water partition coefficient (Wildman–Crippen LogP) is 20.5. The fourth-order valence-corrected chi connectivity index (χ4v) is 16.5. The second-order valence-corrected chi connectivity index (χ2v) is 35.7. The molecule has 0 saturated heterocycles. The van der Waals surface area contributed by atoms with Crippen molar-refractivity contribution in [2.24, 2.45) is 0 Å². The number of nitro benzene ring substituents is 1. The number of non-ortho nitro benzene ring substituents is 1. The van der Waals surface area contributed by atoms with Gasteiger partial charge in [-0.05, 0) is 165 Å². The maximum atomic E-state index is 13.0. The quantitative estimate of drug-likeness (QED) is 0.0210. The highest BCUT2D eigenvalue weighted by Crippen LogP contribution is 2.50. The number of amides is 5. The first-order valence-electron chi connectivity index (χ1n) is 40.9. The number of aromatic hydroxyl groups is 1. The Kier molecular flexibility index (Phi) is 33.0. The number of carbonyl (C=O) groups excluding carboxylic acids is 6. The van der Waals surface area contributed by atoms with E-state index in [9.17, 15) is 48.8 Å². The number of nitrogens with one attached hydrogen (secondary N) is 1. The Bertz CT molecular complexity index is 5570. The molecule has 0 fully saturated rings. The summed E-state index contributed by atoms with van der Waals surface area (Å²) in [7, 11) is 15.5. The molecular formula is C93H108Cl4N10O17S. The van der Waals surface area contributed by atoms with Crippen LogP contribution in [0, 0.1) is 10.1 Å². The summed E-state index contributed by atoms with van der Waals surface area (Å²) >= 11 is 25.8. The standard InChI is InChI=1S/C25H23ClN2O7.C24H32ClN3O4.C19H24ClN3O2.C19H14ClNO4S.C6H15N/c1-25(2,3)35-23(29)27-14-15(13-26)22-19-7-5-4-6-18(19)21(12-20(22)27)34-24(30)33-17-10-8-16(9-11-17)28(31)32;1-24(2,3)32-23(30)28-15-16(14-25)21-18-10-8-7-9-17(18)20(13-19(21)28)31-22(29)27(6)12-11-26(4)5;1-22(2)8-9-23(3)19(24)25-17-10-16-18(13(11-20)12-21-16)15-7-5-4-6-14(15)17;20-8-10-9-21(18(23)15-5-6-16(26-15)19(24)25)13-7-14(22)11-3-1-2-4-12(11)17(10)13;1-4-5-6-7(2)3/h4-12,15H,13-14H2,1-3H3;7-10,13,16H,11-12,14-15H2,1-6H3;4-7,10,13,21H,8-9,11-12H2,1-3H3;1-7,10,22H,8-9H2,(H,24,25);4-6H2,1-3H3/t15-;16-;13-;10-;/m1111./s1. The molecule has 0 spiro atoms. The number of carboxylic acids is 1. The molecule has 0 bridgehead atoms. The minimum atomic E-state index is -1.06. The van der Waals surface area contributed by atoms with E-state index in [1.165, 1.54) is 71.1 Å². The van der Waals surface area contributed by atoms with Crippen molar-refractivity contribution in [2.75, 3.05) is 159 Å². The van der Waals surface area contributed by atoms with Gasteiger partial charge >= 0.3 is 36.5 Å². The van der Waals surface area contributed by atoms with Crippen molar-refractivity contribution in [1.82, 2.24) is 24.5 Å². The second-order valence-electron chi connectivity index (χ2n) is 33.4. The third kappa shape index (κ3) is 24.0. The van der Waals surface area contributed by atoms with Crippen LogP contribution in [0.5, 0.6) is 28.7 Å². The molecule has 3 N–H and O–H groups in total. The zero-order valence-corrected chi connectivity index (χ0v) is 76.7. The van der Waals surface area contributed by atoms with Crippen LogP contribution in [0.15, 0.2) is 158 Å². The Morgan fingerprint density at radius 2 is 0.864 bits per heavy atom. The van der Waals surface area contributed by atoms with Crippen LogP contribution < -0.4 is 39.0 Å². The molecule has 0 saturated carbocycles. The first-order valence-corrected chi connectivity index (χ1v) is 43.8. The van der Waals surface area contributed by atoms with Crippen molar-refractivity contribution in [3.63, 3.8) is 0 Å². The number of halogens is 4. The number of phenols is 1. The second kappa shape index (κ2) is 42.8. The van der Waals surface area contributed by atoms with E-state index >= 15 is 0 Å². The lowest BCUT2D eigenvalue weighted by Gasteiger charge is -2.25. The normalized spacial score (nSPS) is 15.3. The monoisotopic (exact) mass is 1810 g/mol. The summed E-state index contributed by atoms with van der Waals surface area (Å²) in [6.45, 7) is 18.9. The fourth-order valence-electron chi connectivity index (χ4n) is 14.7. The SMILES string of the molecule is CC(C)(C)OC(=O)N1C[C@@H](CCl)c2c1cc(OC(=O)Oc1ccc([N+](=O)[O-])cc1)c1ccccc21.CCCCN(C)C.CN(C)CCN(C)C(=O)Oc1cc2c(c3ccccc13)[C@H](CCl)CN2.CN(C)CCN(C)C(=O)Oc1cc2c(c3ccccc13)[C@H](CCl)CN2C(=O)OC(C)(C)C.O=C(O)c1ccc(C(=O)N2C[C@@H](CCl)c3c2cc(O)c2ccccc32)s1. The number of aromatic carboxylic acids is 1. The number of hydrogen-bond acceptors (Lipinski definition) is 21. The number of anilines is 4. The predicted molar refractivity (Wildman–Crippen MR) is 498 cm³/mol. The zero-order valence-electron chi connectivity index (χ0n) is 72.9. The number of carboxylic acid groups (broad SMARTS) is 1. The van der Waals surface area contributed by atoms with Gasteiger partial charge in [-0.3, -0.25) is 24.7 Å². The molecule has 32 heteroatoms. The summed E-state index contributed by atoms with van der Waals surface area (Å²) in [6, 6.07) is 45.4. The van der Waals surface area contributed by atoms with Gasteiger partial charge in [0, 0.05) is 177 Å². The van der Waals surface area contributed by atoms with Crippen LogP contribution in [-0.2, 0) is 9.47 Å². The molecule has 666 valence electrons. The lowest BCUT2D eigenvalue weighted by atomic mass is 9.95. The molecule has 5 heterocycles. The van der Waals surface area contributed by atoms with E-state index < -0.39 is 46.5 Å². The number of hydrogen-bond donors (Lipinski definition) is 3. The van der Waals surface area contributed by atoms with E-state index in [0.717, 1.165) is 91.1 Å². The first kappa shape index (κ1) is 96.3. The summed E-state index contributed by atoms with van der Waals surface area (Å²) in [5.41, 5.74) is 5.39. The number of ether oxygens (including phenoxy) is 6. The van der Waals surface area contributed by atoms with Gasteiger partial charge in [0.05, 0.1) is 26.9 Å². The highest BCUT2D eigenvalue weighted by atomic mass is 35.5. The summed E-state index contributed by atoms with van der Waals surface area (Å²) in [6.07, 6.45) is -0.167. The number of fused-ring (bicyclic) bond motifs is 12. The van der Waals surface area contributed by atoms with Crippen molar-refractivity contribution < 1.29 is 77.1 Å². The molecule has 4 aliphatic heterocycles. The topological polar surface area (TPSA) is 296 Å². The van der Waals surface area contributed by atoms with Crippen LogP contribution in [0.25, 0.3) is 43.1 Å². The number of nitro groups is 1. The number of carbonyl (C=O) groups is 7. The average Bonchev–Trinajstić information content (AvgIpc) is 1.61. The molecule has 14 rings (SSSR count). The Hall–Kier alpha value is -11.0. The largest absolute Gasteiger partial charge is 0.519 e. The van der Waals surface area contributed by atoms with Crippen molar-refractivity contribution in [1.29, 1.82) is 0 Å². The molecular weight excluding hydrogens is 1700 g/mol. The number of thiophene rings is 1. The molecule has 125 heavy (non-hydrogen) atoms. The van der Waals surface area contributed by atoms with Crippen LogP contribution in [0.2, 0.25) is 0 Å². The number of phenolic OH excluding ortho intramolecular Hbond substituents is 1. The van der Waals surface area contributed by atoms with Crippen LogP contribution in [0.4, 0.5) is 52.4 Å². The van der Waals surface area contributed by atoms with Gasteiger partial charge in [0.1, 0.15) is 44.8 Å². The first-order chi connectivity index (χ1) is 59.4. The van der Waals surface area contributed by atoms with Gasteiger partial charge in [-0.25, -0.2) is 28.8 Å². The minimum Gasteiger partial charge on any atom is -0.507 e. The minimum absolute atomic E-state index is 0.0448. The number of unbranched alkanes of at least 4 members (excludes halogenated alkanes) is 1. The number of nitrogens with zero attached hydrogens (tertiary/aromatic N) is 9. The molecule has 5 amide bonds. The molecule has 4 atom stereocenters. The van der Waals surface area contributed by atoms with E-state index in [4.69, 9.17) is 79.9 Å². The molecule has 0 unspecified atom stereocenters. The Balaban J connectivity index is 0.000000171. The third-order valence-corrected chi connectivity index (χ3v) is 23.4. The lowest BCUT2D eigenvalue weighted by Crippen LogP contribution is -2.36. The van der Waals surface area contributed by atoms with Gasteiger partial charge in [0.15, 0.2) is 0 Å². The summed E-state index contributed by atoms with van der Waals surface area (Å²) in [5.74, 6) is 1.63. The van der Waals surface area contributed by atoms with Gasteiger partial charge in [0.2, 0.25) is 0 Å². The smallest absolute Gasteiger partial charge is 0.507 e. The third-order valence-electron chi connectivity index (χ3n) is 20.8. The zero-order chi connectivity index (χ0) is 91.1. The number of likely N-dealkylation sites (N-methyl/N-ethyl adjacent to an activating group) is 4. The average molecular weight is 1810 g/mol. The lowest BCUT2D eigenvalue weighted by molar-refractivity contribution is -0.384. The molecule has 0 aliphatic carbocycles. The Morgan fingerprint density at radius 3 is 1.26 bits per heavy atom. The highest BCUT2D eigenvalue weighted by Gasteiger charge is 2.41. The van der Waals surface area contributed by atoms with E-state index in [2.05, 4.69) is 37.3 Å². The van der Waals surface area contributed by atoms with Crippen LogP contribution in [-0.4, -0.2) is 232 Å². The number of benzene rings is 9. The molecule has 1 aromatic heterocycles. The van der Waals surface area contributed by atoms with Crippen molar-refractivity contribution in [3.05, 3.63) is 200 Å². The van der Waals surface area contributed by atoms with Crippen molar-refractivity contribution in [2.45, 2.75) is 96.2 Å². The van der Waals surface area contributed by atoms with Gasteiger partial charge in [0.25, 0.3) is 11.6 Å².